The topological polar surface area (TPSA) is 50.8 Å². The van der Waals surface area contributed by atoms with Gasteiger partial charge >= 0.3 is 5.97 Å². The summed E-state index contributed by atoms with van der Waals surface area (Å²) in [6.07, 6.45) is 3.16. The Hall–Kier alpha value is -0.650. The number of hydrogen-bond donors (Lipinski definition) is 1. The first kappa shape index (κ1) is 17.4. The van der Waals surface area contributed by atoms with E-state index in [1.54, 1.807) is 0 Å². The zero-order valence-corrected chi connectivity index (χ0v) is 13.2. The SMILES string of the molecule is CCOCCN(CC)CCC(NC1CC1)C(=O)OCC. The molecular weight excluding hydrogens is 256 g/mol. The first-order valence-corrected chi connectivity index (χ1v) is 7.94. The van der Waals surface area contributed by atoms with Crippen molar-refractivity contribution in [1.82, 2.24) is 10.2 Å². The van der Waals surface area contributed by atoms with E-state index >= 15 is 0 Å². The summed E-state index contributed by atoms with van der Waals surface area (Å²) in [7, 11) is 0. The molecule has 5 heteroatoms. The molecule has 0 aromatic heterocycles. The number of carbonyl (C=O) groups is 1. The van der Waals surface area contributed by atoms with Crippen LogP contribution in [-0.4, -0.2) is 62.4 Å². The molecule has 0 radical (unpaired) electrons. The summed E-state index contributed by atoms with van der Waals surface area (Å²) in [6.45, 7) is 10.8. The molecular formula is C15H30N2O3. The highest BCUT2D eigenvalue weighted by Gasteiger charge is 2.29. The van der Waals surface area contributed by atoms with E-state index in [2.05, 4.69) is 17.1 Å². The van der Waals surface area contributed by atoms with Crippen LogP contribution in [0.2, 0.25) is 0 Å². The quantitative estimate of drug-likeness (QED) is 0.434. The van der Waals surface area contributed by atoms with Gasteiger partial charge in [-0.05, 0) is 39.7 Å². The van der Waals surface area contributed by atoms with E-state index in [1.807, 2.05) is 13.8 Å². The largest absolute Gasteiger partial charge is 0.465 e. The maximum atomic E-state index is 11.9. The van der Waals surface area contributed by atoms with E-state index in [4.69, 9.17) is 9.47 Å². The number of rotatable bonds is 12. The lowest BCUT2D eigenvalue weighted by Crippen LogP contribution is -2.42. The summed E-state index contributed by atoms with van der Waals surface area (Å²) in [4.78, 5) is 14.3. The van der Waals surface area contributed by atoms with Crippen LogP contribution in [0.5, 0.6) is 0 Å². The van der Waals surface area contributed by atoms with Crippen LogP contribution in [0.15, 0.2) is 0 Å². The van der Waals surface area contributed by atoms with Gasteiger partial charge in [0.15, 0.2) is 0 Å². The van der Waals surface area contributed by atoms with Crippen LogP contribution >= 0.6 is 0 Å². The molecule has 0 aromatic carbocycles. The van der Waals surface area contributed by atoms with Crippen LogP contribution < -0.4 is 5.32 Å². The monoisotopic (exact) mass is 286 g/mol. The van der Waals surface area contributed by atoms with Crippen LogP contribution in [0.1, 0.15) is 40.0 Å². The number of likely N-dealkylation sites (N-methyl/N-ethyl adjacent to an activating group) is 1. The van der Waals surface area contributed by atoms with Crippen LogP contribution in [0.4, 0.5) is 0 Å². The van der Waals surface area contributed by atoms with Gasteiger partial charge in [-0.3, -0.25) is 4.79 Å². The lowest BCUT2D eigenvalue weighted by Gasteiger charge is -2.23. The molecule has 1 N–H and O–H groups in total. The summed E-state index contributed by atoms with van der Waals surface area (Å²) in [5.41, 5.74) is 0. The maximum absolute atomic E-state index is 11.9. The average Bonchev–Trinajstić information content (AvgIpc) is 3.25. The summed E-state index contributed by atoms with van der Waals surface area (Å²) >= 11 is 0. The van der Waals surface area contributed by atoms with Gasteiger partial charge in [0.2, 0.25) is 0 Å². The molecule has 1 aliphatic rings. The van der Waals surface area contributed by atoms with Crippen molar-refractivity contribution in [2.45, 2.75) is 52.1 Å². The molecule has 0 aliphatic heterocycles. The van der Waals surface area contributed by atoms with Crippen LogP contribution in [-0.2, 0) is 14.3 Å². The normalized spacial score (nSPS) is 16.4. The number of nitrogens with zero attached hydrogens (tertiary/aromatic N) is 1. The second-order valence-corrected chi connectivity index (χ2v) is 5.17. The van der Waals surface area contributed by atoms with Crippen molar-refractivity contribution in [1.29, 1.82) is 0 Å². The molecule has 0 aromatic rings. The summed E-state index contributed by atoms with van der Waals surface area (Å²) in [5, 5.41) is 3.39. The molecule has 1 unspecified atom stereocenters. The Morgan fingerprint density at radius 3 is 2.55 bits per heavy atom. The summed E-state index contributed by atoms with van der Waals surface area (Å²) < 4.78 is 10.5. The second kappa shape index (κ2) is 10.1. The molecule has 1 rings (SSSR count). The van der Waals surface area contributed by atoms with Gasteiger partial charge in [0, 0.05) is 25.7 Å². The van der Waals surface area contributed by atoms with Gasteiger partial charge in [-0.2, -0.15) is 0 Å². The number of esters is 1. The van der Waals surface area contributed by atoms with Crippen molar-refractivity contribution >= 4 is 5.97 Å². The lowest BCUT2D eigenvalue weighted by atomic mass is 10.2. The predicted molar refractivity (Wildman–Crippen MR) is 79.8 cm³/mol. The van der Waals surface area contributed by atoms with Crippen molar-refractivity contribution < 1.29 is 14.3 Å². The van der Waals surface area contributed by atoms with Crippen LogP contribution in [0.25, 0.3) is 0 Å². The predicted octanol–water partition coefficient (Wildman–Crippen LogP) is 1.42. The molecule has 5 nitrogen and oxygen atoms in total. The molecule has 1 aliphatic carbocycles. The van der Waals surface area contributed by atoms with Gasteiger partial charge in [-0.1, -0.05) is 6.92 Å². The first-order valence-electron chi connectivity index (χ1n) is 7.94. The Kier molecular flexibility index (Phi) is 8.82. The molecule has 0 bridgehead atoms. The van der Waals surface area contributed by atoms with E-state index in [0.29, 0.717) is 12.6 Å². The van der Waals surface area contributed by atoms with Gasteiger partial charge in [0.05, 0.1) is 13.2 Å². The molecule has 0 spiro atoms. The van der Waals surface area contributed by atoms with Gasteiger partial charge in [0.1, 0.15) is 6.04 Å². The Bertz CT molecular complexity index is 270. The molecule has 0 heterocycles. The van der Waals surface area contributed by atoms with E-state index in [1.165, 1.54) is 12.8 Å². The van der Waals surface area contributed by atoms with Crippen LogP contribution in [0.3, 0.4) is 0 Å². The van der Waals surface area contributed by atoms with E-state index < -0.39 is 0 Å². The van der Waals surface area contributed by atoms with Gasteiger partial charge in [0.25, 0.3) is 0 Å². The number of ether oxygens (including phenoxy) is 2. The van der Waals surface area contributed by atoms with E-state index in [9.17, 15) is 4.79 Å². The van der Waals surface area contributed by atoms with Gasteiger partial charge in [-0.15, -0.1) is 0 Å². The third-order valence-electron chi connectivity index (χ3n) is 3.52. The molecule has 118 valence electrons. The highest BCUT2D eigenvalue weighted by atomic mass is 16.5. The van der Waals surface area contributed by atoms with Crippen molar-refractivity contribution in [3.63, 3.8) is 0 Å². The molecule has 0 amide bonds. The van der Waals surface area contributed by atoms with E-state index in [0.717, 1.165) is 39.3 Å². The standard InChI is InChI=1S/C15H30N2O3/c1-4-17(11-12-19-5-2)10-9-14(15(18)20-6-3)16-13-7-8-13/h13-14,16H,4-12H2,1-3H3. The Morgan fingerprint density at radius 2 is 2.00 bits per heavy atom. The zero-order valence-electron chi connectivity index (χ0n) is 13.2. The average molecular weight is 286 g/mol. The third-order valence-corrected chi connectivity index (χ3v) is 3.52. The fraction of sp³-hybridized carbons (Fsp3) is 0.933. The minimum atomic E-state index is -0.163. The highest BCUT2D eigenvalue weighted by molar-refractivity contribution is 5.75. The Morgan fingerprint density at radius 1 is 1.25 bits per heavy atom. The highest BCUT2D eigenvalue weighted by Crippen LogP contribution is 2.20. The summed E-state index contributed by atoms with van der Waals surface area (Å²) in [6, 6.07) is 0.353. The van der Waals surface area contributed by atoms with Gasteiger partial charge in [-0.25, -0.2) is 0 Å². The second-order valence-electron chi connectivity index (χ2n) is 5.17. The molecule has 1 atom stereocenters. The van der Waals surface area contributed by atoms with Crippen molar-refractivity contribution in [2.24, 2.45) is 0 Å². The lowest BCUT2D eigenvalue weighted by molar-refractivity contribution is -0.146. The van der Waals surface area contributed by atoms with E-state index in [-0.39, 0.29) is 12.0 Å². The fourth-order valence-corrected chi connectivity index (χ4v) is 2.12. The van der Waals surface area contributed by atoms with Crippen molar-refractivity contribution in [2.75, 3.05) is 39.5 Å². The Labute approximate surface area is 123 Å². The molecule has 0 saturated heterocycles. The number of carbonyl (C=O) groups excluding carboxylic acids is 1. The zero-order chi connectivity index (χ0) is 14.8. The molecule has 1 fully saturated rings. The van der Waals surface area contributed by atoms with Crippen molar-refractivity contribution in [3.8, 4) is 0 Å². The van der Waals surface area contributed by atoms with Gasteiger partial charge < -0.3 is 19.7 Å². The van der Waals surface area contributed by atoms with Crippen LogP contribution in [0, 0.1) is 0 Å². The third kappa shape index (κ3) is 7.22. The maximum Gasteiger partial charge on any atom is 0.323 e. The summed E-state index contributed by atoms with van der Waals surface area (Å²) in [5.74, 6) is -0.111. The fourth-order valence-electron chi connectivity index (χ4n) is 2.12. The smallest absolute Gasteiger partial charge is 0.323 e. The molecule has 1 saturated carbocycles. The minimum Gasteiger partial charge on any atom is -0.465 e. The van der Waals surface area contributed by atoms with Crippen molar-refractivity contribution in [3.05, 3.63) is 0 Å². The number of nitrogens with one attached hydrogen (secondary N) is 1. The first-order chi connectivity index (χ1) is 9.71. The Balaban J connectivity index is 2.32. The molecule has 20 heavy (non-hydrogen) atoms. The minimum absolute atomic E-state index is 0.111. The number of hydrogen-bond acceptors (Lipinski definition) is 5.